The molecule has 0 saturated heterocycles. The van der Waals surface area contributed by atoms with Gasteiger partial charge in [-0.05, 0) is 109 Å². The van der Waals surface area contributed by atoms with Gasteiger partial charge in [0.15, 0.2) is 6.10 Å². The van der Waals surface area contributed by atoms with Gasteiger partial charge in [-0.25, -0.2) is 0 Å². The lowest BCUT2D eigenvalue weighted by atomic mass is 10.1. The number of esters is 3. The van der Waals surface area contributed by atoms with Gasteiger partial charge in [-0.3, -0.25) is 14.4 Å². The van der Waals surface area contributed by atoms with E-state index < -0.39 is 6.10 Å². The molecule has 6 nitrogen and oxygen atoms in total. The van der Waals surface area contributed by atoms with Gasteiger partial charge in [0, 0.05) is 19.3 Å². The molecule has 0 aliphatic carbocycles. The number of hydrogen-bond acceptors (Lipinski definition) is 6. The molecule has 0 rings (SSSR count). The maximum atomic E-state index is 12.9. The van der Waals surface area contributed by atoms with Crippen LogP contribution in [0.5, 0.6) is 0 Å². The predicted molar refractivity (Wildman–Crippen MR) is 306 cm³/mol. The Morgan fingerprint density at radius 1 is 0.310 bits per heavy atom. The molecular formula is C65H102O6. The molecular weight excluding hydrogens is 877 g/mol. The molecule has 0 fully saturated rings. The van der Waals surface area contributed by atoms with Crippen LogP contribution in [0.25, 0.3) is 0 Å². The summed E-state index contributed by atoms with van der Waals surface area (Å²) in [7, 11) is 0. The first kappa shape index (κ1) is 66.3. The Morgan fingerprint density at radius 2 is 0.634 bits per heavy atom. The monoisotopic (exact) mass is 979 g/mol. The van der Waals surface area contributed by atoms with E-state index in [1.54, 1.807) is 0 Å². The largest absolute Gasteiger partial charge is 0.462 e. The Kier molecular flexibility index (Phi) is 54.0. The quantitative estimate of drug-likeness (QED) is 0.0199. The van der Waals surface area contributed by atoms with E-state index in [0.717, 1.165) is 135 Å². The van der Waals surface area contributed by atoms with E-state index in [0.29, 0.717) is 12.8 Å². The van der Waals surface area contributed by atoms with Crippen LogP contribution in [-0.2, 0) is 28.6 Å². The summed E-state index contributed by atoms with van der Waals surface area (Å²) in [6, 6.07) is 0. The molecule has 6 heteroatoms. The molecule has 0 aliphatic rings. The minimum absolute atomic E-state index is 0.119. The van der Waals surface area contributed by atoms with Crippen molar-refractivity contribution in [3.05, 3.63) is 146 Å². The van der Waals surface area contributed by atoms with Gasteiger partial charge in [0.05, 0.1) is 0 Å². The first-order valence-corrected chi connectivity index (χ1v) is 28.4. The lowest BCUT2D eigenvalue weighted by Gasteiger charge is -2.18. The summed E-state index contributed by atoms with van der Waals surface area (Å²) >= 11 is 0. The van der Waals surface area contributed by atoms with E-state index in [9.17, 15) is 14.4 Å². The number of ether oxygens (including phenoxy) is 3. The van der Waals surface area contributed by atoms with Gasteiger partial charge < -0.3 is 14.2 Å². The lowest BCUT2D eigenvalue weighted by Crippen LogP contribution is -2.30. The Hall–Kier alpha value is -4.71. The smallest absolute Gasteiger partial charge is 0.306 e. The summed E-state index contributed by atoms with van der Waals surface area (Å²) in [6.07, 6.45) is 82.5. The van der Waals surface area contributed by atoms with Crippen LogP contribution in [0.15, 0.2) is 146 Å². The van der Waals surface area contributed by atoms with Gasteiger partial charge in [-0.2, -0.15) is 0 Å². The van der Waals surface area contributed by atoms with E-state index >= 15 is 0 Å². The SMILES string of the molecule is CC/C=C\C/C=C\C/C=C\C/C=C\C/C=C\CCCCCC(=O)OCC(COC(=O)CCCCC/C=C\C=C/CCCCCCCCC)OC(=O)CCCCCCC\C=C/C=C\C=C/C=C\C=C/CCC. The Balaban J connectivity index is 4.58. The van der Waals surface area contributed by atoms with Gasteiger partial charge in [0.2, 0.25) is 0 Å². The van der Waals surface area contributed by atoms with Crippen LogP contribution in [-0.4, -0.2) is 37.2 Å². The van der Waals surface area contributed by atoms with E-state index in [2.05, 4.69) is 130 Å². The van der Waals surface area contributed by atoms with Crippen LogP contribution in [0.4, 0.5) is 0 Å². The summed E-state index contributed by atoms with van der Waals surface area (Å²) in [6.45, 7) is 6.35. The summed E-state index contributed by atoms with van der Waals surface area (Å²) in [4.78, 5) is 38.2. The first-order chi connectivity index (χ1) is 35.0. The highest BCUT2D eigenvalue weighted by molar-refractivity contribution is 5.71. The predicted octanol–water partition coefficient (Wildman–Crippen LogP) is 19.2. The van der Waals surface area contributed by atoms with Gasteiger partial charge in [-0.15, -0.1) is 0 Å². The highest BCUT2D eigenvalue weighted by atomic mass is 16.6. The fraction of sp³-hybridized carbons (Fsp3) is 0.585. The maximum absolute atomic E-state index is 12.9. The fourth-order valence-electron chi connectivity index (χ4n) is 7.19. The Labute approximate surface area is 436 Å². The zero-order valence-corrected chi connectivity index (χ0v) is 45.4. The third-order valence-electron chi connectivity index (χ3n) is 11.4. The molecule has 0 radical (unpaired) electrons. The molecule has 1 unspecified atom stereocenters. The molecule has 0 amide bonds. The number of hydrogen-bond donors (Lipinski definition) is 0. The molecule has 0 saturated carbocycles. The number of unbranched alkanes of at least 4 members (excludes halogenated alkanes) is 19. The highest BCUT2D eigenvalue weighted by Crippen LogP contribution is 2.13. The van der Waals surface area contributed by atoms with Gasteiger partial charge in [0.1, 0.15) is 13.2 Å². The second-order valence-corrected chi connectivity index (χ2v) is 18.3. The van der Waals surface area contributed by atoms with Crippen molar-refractivity contribution in [2.75, 3.05) is 13.2 Å². The molecule has 1 atom stereocenters. The van der Waals surface area contributed by atoms with Crippen LogP contribution in [0.2, 0.25) is 0 Å². The van der Waals surface area contributed by atoms with Crippen LogP contribution < -0.4 is 0 Å². The van der Waals surface area contributed by atoms with Gasteiger partial charge in [-0.1, -0.05) is 244 Å². The minimum atomic E-state index is -0.824. The molecule has 0 aliphatic heterocycles. The van der Waals surface area contributed by atoms with Crippen molar-refractivity contribution in [2.24, 2.45) is 0 Å². The van der Waals surface area contributed by atoms with Crippen LogP contribution in [0.1, 0.15) is 226 Å². The van der Waals surface area contributed by atoms with Crippen molar-refractivity contribution in [1.29, 1.82) is 0 Å². The van der Waals surface area contributed by atoms with Crippen LogP contribution >= 0.6 is 0 Å². The van der Waals surface area contributed by atoms with E-state index in [1.165, 1.54) is 51.4 Å². The molecule has 0 N–H and O–H groups in total. The first-order valence-electron chi connectivity index (χ1n) is 28.4. The van der Waals surface area contributed by atoms with E-state index in [4.69, 9.17) is 14.2 Å². The van der Waals surface area contributed by atoms with Crippen molar-refractivity contribution in [3.8, 4) is 0 Å². The highest BCUT2D eigenvalue weighted by Gasteiger charge is 2.19. The second kappa shape index (κ2) is 57.9. The van der Waals surface area contributed by atoms with Crippen molar-refractivity contribution >= 4 is 17.9 Å². The van der Waals surface area contributed by atoms with Gasteiger partial charge in [0.25, 0.3) is 0 Å². The zero-order valence-electron chi connectivity index (χ0n) is 45.4. The minimum Gasteiger partial charge on any atom is -0.462 e. The molecule has 0 aromatic heterocycles. The second-order valence-electron chi connectivity index (χ2n) is 18.3. The van der Waals surface area contributed by atoms with Crippen molar-refractivity contribution in [2.45, 2.75) is 232 Å². The maximum Gasteiger partial charge on any atom is 0.306 e. The standard InChI is InChI=1S/C65H102O6/c1-4-7-10-13-16-19-22-25-28-31-33-35-37-40-43-46-49-52-55-58-64(67)70-61-62(60-69-63(66)57-54-51-48-45-42-39-36-30-27-24-21-18-15-12-9-6-3)71-65(68)59-56-53-50-47-44-41-38-34-32-29-26-23-20-17-14-11-8-5-2/h7,10-11,14,16-17,19-20,23,25-26,28-30,32-36,38-40,42-43,62H,4-6,8-9,12-13,15,18,21-22,24,27,31,37,41,44-61H2,1-3H3/b10-7-,14-11-,19-16-,20-17-,26-23-,28-25-,32-29-,35-33-,36-30-,38-34-,42-39-,43-40-. The summed E-state index contributed by atoms with van der Waals surface area (Å²) in [5, 5.41) is 0. The van der Waals surface area contributed by atoms with Crippen LogP contribution in [0, 0.1) is 0 Å². The summed E-state index contributed by atoms with van der Waals surface area (Å²) in [5.41, 5.74) is 0. The Morgan fingerprint density at radius 3 is 1.07 bits per heavy atom. The molecule has 71 heavy (non-hydrogen) atoms. The number of allylic oxidation sites excluding steroid dienone is 24. The number of rotatable bonds is 49. The molecule has 0 aromatic carbocycles. The number of carbonyl (C=O) groups excluding carboxylic acids is 3. The molecule has 0 heterocycles. The summed E-state index contributed by atoms with van der Waals surface area (Å²) < 4.78 is 16.8. The Bertz CT molecular complexity index is 1590. The third-order valence-corrected chi connectivity index (χ3v) is 11.4. The molecule has 0 spiro atoms. The molecule has 398 valence electrons. The summed E-state index contributed by atoms with van der Waals surface area (Å²) in [5.74, 6) is -1.01. The average Bonchev–Trinajstić information content (AvgIpc) is 3.37. The third kappa shape index (κ3) is 56.1. The van der Waals surface area contributed by atoms with E-state index in [1.807, 2.05) is 36.5 Å². The van der Waals surface area contributed by atoms with Crippen LogP contribution in [0.3, 0.4) is 0 Å². The fourth-order valence-corrected chi connectivity index (χ4v) is 7.19. The zero-order chi connectivity index (χ0) is 51.4. The van der Waals surface area contributed by atoms with Crippen molar-refractivity contribution < 1.29 is 28.6 Å². The van der Waals surface area contributed by atoms with E-state index in [-0.39, 0.29) is 37.5 Å². The van der Waals surface area contributed by atoms with Crippen molar-refractivity contribution in [3.63, 3.8) is 0 Å². The normalized spacial score (nSPS) is 13.2. The topological polar surface area (TPSA) is 78.9 Å². The molecule has 0 aromatic rings. The average molecular weight is 980 g/mol. The molecule has 0 bridgehead atoms. The van der Waals surface area contributed by atoms with Gasteiger partial charge >= 0.3 is 17.9 Å². The van der Waals surface area contributed by atoms with Crippen molar-refractivity contribution in [1.82, 2.24) is 0 Å². The number of carbonyl (C=O) groups is 3. The lowest BCUT2D eigenvalue weighted by molar-refractivity contribution is -0.167.